The van der Waals surface area contributed by atoms with Crippen LogP contribution < -0.4 is 10.5 Å². The number of rotatable bonds is 2. The summed E-state index contributed by atoms with van der Waals surface area (Å²) in [5.74, 6) is 0.682. The molecule has 15 heavy (non-hydrogen) atoms. The van der Waals surface area contributed by atoms with Crippen LogP contribution in [0.5, 0.6) is 5.75 Å². The molecule has 4 heteroatoms. The van der Waals surface area contributed by atoms with Crippen molar-refractivity contribution in [3.05, 3.63) is 23.2 Å². The Morgan fingerprint density at radius 2 is 2.33 bits per heavy atom. The van der Waals surface area contributed by atoms with E-state index in [-0.39, 0.29) is 6.10 Å². The second-order valence-electron chi connectivity index (χ2n) is 3.65. The normalized spacial score (nSPS) is 21.3. The molecule has 1 aromatic carbocycles. The third-order valence-electron chi connectivity index (χ3n) is 2.37. The van der Waals surface area contributed by atoms with Gasteiger partial charge in [0, 0.05) is 12.3 Å². The van der Waals surface area contributed by atoms with Crippen molar-refractivity contribution in [3.63, 3.8) is 0 Å². The number of hydrogen-bond donors (Lipinski definition) is 1. The van der Waals surface area contributed by atoms with Gasteiger partial charge in [-0.25, -0.2) is 0 Å². The summed E-state index contributed by atoms with van der Waals surface area (Å²) in [7, 11) is 0. The van der Waals surface area contributed by atoms with Crippen LogP contribution in [0.25, 0.3) is 0 Å². The zero-order valence-electron chi connectivity index (χ0n) is 8.41. The summed E-state index contributed by atoms with van der Waals surface area (Å²) in [6.07, 6.45) is 2.16. The Balaban J connectivity index is 2.03. The fraction of sp³-hybridized carbons (Fsp3) is 0.455. The molecule has 1 aromatic rings. The topological polar surface area (TPSA) is 44.5 Å². The van der Waals surface area contributed by atoms with Crippen molar-refractivity contribution in [2.24, 2.45) is 0 Å². The molecule has 1 unspecified atom stereocenters. The van der Waals surface area contributed by atoms with E-state index in [0.29, 0.717) is 23.1 Å². The Hall–Kier alpha value is -0.930. The van der Waals surface area contributed by atoms with E-state index < -0.39 is 0 Å². The largest absolute Gasteiger partial charge is 0.486 e. The van der Waals surface area contributed by atoms with Gasteiger partial charge in [0.2, 0.25) is 0 Å². The molecular formula is C11H14ClNO2. The van der Waals surface area contributed by atoms with Crippen LogP contribution in [0.1, 0.15) is 12.8 Å². The minimum absolute atomic E-state index is 0.111. The maximum absolute atomic E-state index is 6.00. The number of hydrogen-bond acceptors (Lipinski definition) is 3. The van der Waals surface area contributed by atoms with Gasteiger partial charge in [-0.15, -0.1) is 0 Å². The van der Waals surface area contributed by atoms with E-state index in [1.54, 1.807) is 18.2 Å². The summed E-state index contributed by atoms with van der Waals surface area (Å²) in [6.45, 7) is 1.47. The molecule has 0 radical (unpaired) electrons. The number of benzene rings is 1. The molecule has 0 saturated carbocycles. The molecule has 0 spiro atoms. The lowest BCUT2D eigenvalue weighted by molar-refractivity contribution is 0.00748. The lowest BCUT2D eigenvalue weighted by Gasteiger charge is -2.23. The van der Waals surface area contributed by atoms with Gasteiger partial charge in [-0.1, -0.05) is 11.6 Å². The Kier molecular flexibility index (Phi) is 3.34. The highest BCUT2D eigenvalue weighted by Gasteiger charge is 2.16. The van der Waals surface area contributed by atoms with Crippen LogP contribution in [0.15, 0.2) is 18.2 Å². The standard InChI is InChI=1S/C11H14ClNO2/c12-10-6-8(13)3-4-11(10)15-9-2-1-5-14-7-9/h3-4,6,9H,1-2,5,7,13H2. The molecule has 1 saturated heterocycles. The van der Waals surface area contributed by atoms with E-state index in [2.05, 4.69) is 0 Å². The van der Waals surface area contributed by atoms with Gasteiger partial charge in [0.25, 0.3) is 0 Å². The van der Waals surface area contributed by atoms with Crippen molar-refractivity contribution in [2.45, 2.75) is 18.9 Å². The monoisotopic (exact) mass is 227 g/mol. The van der Waals surface area contributed by atoms with Crippen LogP contribution in [0.2, 0.25) is 5.02 Å². The summed E-state index contributed by atoms with van der Waals surface area (Å²) in [4.78, 5) is 0. The summed E-state index contributed by atoms with van der Waals surface area (Å²) in [6, 6.07) is 5.28. The van der Waals surface area contributed by atoms with Crippen LogP contribution in [0.3, 0.4) is 0 Å². The van der Waals surface area contributed by atoms with E-state index in [4.69, 9.17) is 26.8 Å². The van der Waals surface area contributed by atoms with Crippen molar-refractivity contribution in [3.8, 4) is 5.75 Å². The molecule has 1 heterocycles. The number of anilines is 1. The predicted octanol–water partition coefficient (Wildman–Crippen LogP) is 2.48. The number of nitrogens with two attached hydrogens (primary N) is 1. The summed E-state index contributed by atoms with van der Waals surface area (Å²) in [5.41, 5.74) is 6.24. The molecular weight excluding hydrogens is 214 g/mol. The van der Waals surface area contributed by atoms with Crippen molar-refractivity contribution in [1.82, 2.24) is 0 Å². The van der Waals surface area contributed by atoms with E-state index in [9.17, 15) is 0 Å². The zero-order valence-corrected chi connectivity index (χ0v) is 9.17. The van der Waals surface area contributed by atoms with Crippen molar-refractivity contribution < 1.29 is 9.47 Å². The minimum atomic E-state index is 0.111. The zero-order chi connectivity index (χ0) is 10.7. The smallest absolute Gasteiger partial charge is 0.138 e. The highest BCUT2D eigenvalue weighted by atomic mass is 35.5. The molecule has 1 aliphatic rings. The summed E-state index contributed by atoms with van der Waals surface area (Å²) < 4.78 is 11.1. The van der Waals surface area contributed by atoms with E-state index in [0.717, 1.165) is 19.4 Å². The molecule has 2 N–H and O–H groups in total. The van der Waals surface area contributed by atoms with Gasteiger partial charge in [0.1, 0.15) is 11.9 Å². The van der Waals surface area contributed by atoms with Crippen LogP contribution in [-0.2, 0) is 4.74 Å². The number of halogens is 1. The Bertz CT molecular complexity index is 337. The maximum Gasteiger partial charge on any atom is 0.138 e. The van der Waals surface area contributed by atoms with Gasteiger partial charge in [-0.05, 0) is 31.0 Å². The number of nitrogen functional groups attached to an aromatic ring is 1. The first-order valence-electron chi connectivity index (χ1n) is 5.05. The van der Waals surface area contributed by atoms with E-state index in [1.807, 2.05) is 0 Å². The molecule has 0 bridgehead atoms. The number of ether oxygens (including phenoxy) is 2. The van der Waals surface area contributed by atoms with Crippen molar-refractivity contribution >= 4 is 17.3 Å². The molecule has 82 valence electrons. The molecule has 2 rings (SSSR count). The van der Waals surface area contributed by atoms with Crippen molar-refractivity contribution in [1.29, 1.82) is 0 Å². The Morgan fingerprint density at radius 3 is 3.00 bits per heavy atom. The molecule has 1 atom stereocenters. The highest BCUT2D eigenvalue weighted by molar-refractivity contribution is 6.32. The van der Waals surface area contributed by atoms with Gasteiger partial charge in [0.05, 0.1) is 11.6 Å². The molecule has 0 aliphatic carbocycles. The summed E-state index contributed by atoms with van der Waals surface area (Å²) >= 11 is 6.00. The quantitative estimate of drug-likeness (QED) is 0.790. The molecule has 3 nitrogen and oxygen atoms in total. The highest BCUT2D eigenvalue weighted by Crippen LogP contribution is 2.28. The van der Waals surface area contributed by atoms with Crippen molar-refractivity contribution in [2.75, 3.05) is 18.9 Å². The Labute approximate surface area is 94.1 Å². The average Bonchev–Trinajstić information content (AvgIpc) is 2.24. The molecule has 1 fully saturated rings. The first kappa shape index (κ1) is 10.6. The average molecular weight is 228 g/mol. The minimum Gasteiger partial charge on any atom is -0.486 e. The van der Waals surface area contributed by atoms with Gasteiger partial charge >= 0.3 is 0 Å². The fourth-order valence-electron chi connectivity index (χ4n) is 1.60. The van der Waals surface area contributed by atoms with Crippen LogP contribution in [0.4, 0.5) is 5.69 Å². The van der Waals surface area contributed by atoms with Gasteiger partial charge < -0.3 is 15.2 Å². The molecule has 0 aromatic heterocycles. The fourth-order valence-corrected chi connectivity index (χ4v) is 1.83. The van der Waals surface area contributed by atoms with E-state index >= 15 is 0 Å². The lowest BCUT2D eigenvalue weighted by atomic mass is 10.2. The third kappa shape index (κ3) is 2.76. The van der Waals surface area contributed by atoms with Gasteiger partial charge in [-0.2, -0.15) is 0 Å². The molecule has 0 amide bonds. The third-order valence-corrected chi connectivity index (χ3v) is 2.66. The van der Waals surface area contributed by atoms with Gasteiger partial charge in [-0.3, -0.25) is 0 Å². The Morgan fingerprint density at radius 1 is 1.47 bits per heavy atom. The first-order valence-corrected chi connectivity index (χ1v) is 5.43. The SMILES string of the molecule is Nc1ccc(OC2CCCOC2)c(Cl)c1. The first-order chi connectivity index (χ1) is 7.25. The second kappa shape index (κ2) is 4.73. The lowest BCUT2D eigenvalue weighted by Crippen LogP contribution is -2.28. The second-order valence-corrected chi connectivity index (χ2v) is 4.05. The molecule has 1 aliphatic heterocycles. The van der Waals surface area contributed by atoms with Crippen LogP contribution in [0, 0.1) is 0 Å². The summed E-state index contributed by atoms with van der Waals surface area (Å²) in [5, 5.41) is 0.556. The van der Waals surface area contributed by atoms with Crippen LogP contribution in [-0.4, -0.2) is 19.3 Å². The van der Waals surface area contributed by atoms with Crippen LogP contribution >= 0.6 is 11.6 Å². The predicted molar refractivity (Wildman–Crippen MR) is 60.3 cm³/mol. The maximum atomic E-state index is 6.00. The van der Waals surface area contributed by atoms with Gasteiger partial charge in [0.15, 0.2) is 0 Å². The van der Waals surface area contributed by atoms with E-state index in [1.165, 1.54) is 0 Å².